The summed E-state index contributed by atoms with van der Waals surface area (Å²) in [6.07, 6.45) is 4.82. The number of rotatable bonds is 9. The van der Waals surface area contributed by atoms with E-state index in [0.29, 0.717) is 12.0 Å². The molecule has 4 N–H and O–H groups in total. The van der Waals surface area contributed by atoms with Gasteiger partial charge in [-0.05, 0) is 45.4 Å². The van der Waals surface area contributed by atoms with E-state index in [9.17, 15) is 4.79 Å². The van der Waals surface area contributed by atoms with Crippen LogP contribution in [0.4, 0.5) is 0 Å². The number of carbonyl (C=O) groups is 1. The fourth-order valence-electron chi connectivity index (χ4n) is 2.48. The molecule has 6 nitrogen and oxygen atoms in total. The van der Waals surface area contributed by atoms with Gasteiger partial charge in [-0.1, -0.05) is 6.42 Å². The van der Waals surface area contributed by atoms with E-state index in [0.717, 1.165) is 32.1 Å². The first-order chi connectivity index (χ1) is 10.4. The normalized spacial score (nSPS) is 17.0. The molecule has 0 aromatic heterocycles. The molecule has 1 amide bonds. The number of halogens is 1. The van der Waals surface area contributed by atoms with E-state index >= 15 is 0 Å². The second kappa shape index (κ2) is 10.3. The maximum Gasteiger partial charge on any atom is 0.224 e. The monoisotopic (exact) mass is 440 g/mol. The number of aliphatic imine (C=N–C) groups is 1. The average Bonchev–Trinajstić information content (AvgIpc) is 2.42. The zero-order valence-electron chi connectivity index (χ0n) is 14.9. The second-order valence-electron chi connectivity index (χ2n) is 6.89. The fraction of sp³-hybridized carbons (Fsp3) is 0.875. The number of hydrogen-bond acceptors (Lipinski definition) is 3. The molecule has 0 radical (unpaired) electrons. The molecule has 0 saturated heterocycles. The van der Waals surface area contributed by atoms with Gasteiger partial charge in [-0.3, -0.25) is 9.79 Å². The average molecular weight is 440 g/mol. The highest BCUT2D eigenvalue weighted by Gasteiger charge is 2.36. The summed E-state index contributed by atoms with van der Waals surface area (Å²) < 4.78 is 5.22. The van der Waals surface area contributed by atoms with Crippen molar-refractivity contribution in [2.75, 3.05) is 33.4 Å². The lowest BCUT2D eigenvalue weighted by Gasteiger charge is -2.42. The Morgan fingerprint density at radius 1 is 1.35 bits per heavy atom. The van der Waals surface area contributed by atoms with Crippen molar-refractivity contribution in [2.24, 2.45) is 21.6 Å². The summed E-state index contributed by atoms with van der Waals surface area (Å²) in [5, 5.41) is 6.64. The smallest absolute Gasteiger partial charge is 0.224 e. The molecular formula is C16H33IN4O2. The van der Waals surface area contributed by atoms with Crippen molar-refractivity contribution in [3.05, 3.63) is 0 Å². The second-order valence-corrected chi connectivity index (χ2v) is 6.89. The van der Waals surface area contributed by atoms with Crippen LogP contribution in [-0.2, 0) is 9.53 Å². The highest BCUT2D eigenvalue weighted by molar-refractivity contribution is 14.0. The van der Waals surface area contributed by atoms with E-state index in [-0.39, 0.29) is 29.9 Å². The van der Waals surface area contributed by atoms with Gasteiger partial charge in [0.15, 0.2) is 5.96 Å². The van der Waals surface area contributed by atoms with Crippen LogP contribution in [0.1, 0.15) is 46.5 Å². The van der Waals surface area contributed by atoms with Crippen molar-refractivity contribution < 1.29 is 9.53 Å². The van der Waals surface area contributed by atoms with Crippen molar-refractivity contribution >= 4 is 35.8 Å². The summed E-state index contributed by atoms with van der Waals surface area (Å²) in [6.45, 7) is 8.50. The van der Waals surface area contributed by atoms with Gasteiger partial charge in [0.2, 0.25) is 5.91 Å². The van der Waals surface area contributed by atoms with Crippen LogP contribution >= 0.6 is 24.0 Å². The Morgan fingerprint density at radius 2 is 2.00 bits per heavy atom. The third kappa shape index (κ3) is 7.24. The van der Waals surface area contributed by atoms with E-state index in [1.54, 1.807) is 7.11 Å². The number of nitrogens with two attached hydrogens (primary N) is 1. The third-order valence-electron chi connectivity index (χ3n) is 4.53. The minimum atomic E-state index is -0.632. The largest absolute Gasteiger partial charge is 0.385 e. The van der Waals surface area contributed by atoms with Crippen LogP contribution in [0.25, 0.3) is 0 Å². The minimum Gasteiger partial charge on any atom is -0.385 e. The summed E-state index contributed by atoms with van der Waals surface area (Å²) in [5.41, 5.74) is 5.09. The first-order valence-corrected chi connectivity index (χ1v) is 8.16. The standard InChI is InChI=1S/C16H32N4O2.HI/c1-5-18-14(19-11-15(2,3)13(17)21)20-12-16(7-6-8-16)9-10-22-4;/h5-12H2,1-4H3,(H2,17,21)(H2,18,19,20);1H. The molecule has 0 atom stereocenters. The SMILES string of the molecule is CCNC(=NCC(C)(C)C(N)=O)NCC1(CCOC)CCC1.I. The van der Waals surface area contributed by atoms with Crippen molar-refractivity contribution in [2.45, 2.75) is 46.5 Å². The maximum atomic E-state index is 11.4. The summed E-state index contributed by atoms with van der Waals surface area (Å²) >= 11 is 0. The van der Waals surface area contributed by atoms with E-state index in [4.69, 9.17) is 10.5 Å². The molecule has 1 saturated carbocycles. The third-order valence-corrected chi connectivity index (χ3v) is 4.53. The Hall–Kier alpha value is -0.570. The van der Waals surface area contributed by atoms with E-state index in [1.165, 1.54) is 19.3 Å². The molecule has 23 heavy (non-hydrogen) atoms. The van der Waals surface area contributed by atoms with Crippen LogP contribution in [-0.4, -0.2) is 45.2 Å². The quantitative estimate of drug-likeness (QED) is 0.290. The van der Waals surface area contributed by atoms with Crippen LogP contribution in [0.15, 0.2) is 4.99 Å². The Morgan fingerprint density at radius 3 is 2.43 bits per heavy atom. The topological polar surface area (TPSA) is 88.7 Å². The molecular weight excluding hydrogens is 407 g/mol. The summed E-state index contributed by atoms with van der Waals surface area (Å²) in [5.74, 6) is 0.420. The zero-order chi connectivity index (χ0) is 16.6. The molecule has 1 aliphatic rings. The molecule has 0 aromatic carbocycles. The Kier molecular flexibility index (Phi) is 10.1. The van der Waals surface area contributed by atoms with Gasteiger partial charge in [0.25, 0.3) is 0 Å². The first-order valence-electron chi connectivity index (χ1n) is 8.16. The van der Waals surface area contributed by atoms with E-state index in [1.807, 2.05) is 20.8 Å². The number of hydrogen-bond donors (Lipinski definition) is 3. The molecule has 0 aromatic rings. The number of nitrogens with zero attached hydrogens (tertiary/aromatic N) is 1. The van der Waals surface area contributed by atoms with Crippen molar-refractivity contribution in [3.63, 3.8) is 0 Å². The highest BCUT2D eigenvalue weighted by atomic mass is 127. The zero-order valence-corrected chi connectivity index (χ0v) is 17.2. The minimum absolute atomic E-state index is 0. The van der Waals surface area contributed by atoms with Gasteiger partial charge in [-0.25, -0.2) is 0 Å². The predicted octanol–water partition coefficient (Wildman–Crippen LogP) is 1.88. The Balaban J connectivity index is 0.00000484. The van der Waals surface area contributed by atoms with Crippen LogP contribution in [0.2, 0.25) is 0 Å². The molecule has 0 heterocycles. The molecule has 136 valence electrons. The van der Waals surface area contributed by atoms with Gasteiger partial charge in [-0.2, -0.15) is 0 Å². The lowest BCUT2D eigenvalue weighted by molar-refractivity contribution is -0.125. The fourth-order valence-corrected chi connectivity index (χ4v) is 2.48. The predicted molar refractivity (Wildman–Crippen MR) is 105 cm³/mol. The highest BCUT2D eigenvalue weighted by Crippen LogP contribution is 2.43. The lowest BCUT2D eigenvalue weighted by atomic mass is 9.67. The van der Waals surface area contributed by atoms with E-state index < -0.39 is 5.41 Å². The number of guanidine groups is 1. The van der Waals surface area contributed by atoms with Crippen molar-refractivity contribution in [1.29, 1.82) is 0 Å². The number of methoxy groups -OCH3 is 1. The van der Waals surface area contributed by atoms with Gasteiger partial charge >= 0.3 is 0 Å². The number of primary amides is 1. The van der Waals surface area contributed by atoms with Crippen LogP contribution in [0.5, 0.6) is 0 Å². The molecule has 7 heteroatoms. The van der Waals surface area contributed by atoms with Crippen LogP contribution < -0.4 is 16.4 Å². The van der Waals surface area contributed by atoms with Crippen LogP contribution in [0, 0.1) is 10.8 Å². The number of amides is 1. The molecule has 1 aliphatic carbocycles. The summed E-state index contributed by atoms with van der Waals surface area (Å²) in [7, 11) is 1.75. The van der Waals surface area contributed by atoms with Crippen LogP contribution in [0.3, 0.4) is 0 Å². The lowest BCUT2D eigenvalue weighted by Crippen LogP contribution is -2.47. The number of nitrogens with one attached hydrogen (secondary N) is 2. The van der Waals surface area contributed by atoms with Gasteiger partial charge in [0.05, 0.1) is 12.0 Å². The van der Waals surface area contributed by atoms with Gasteiger partial charge in [0.1, 0.15) is 0 Å². The Bertz CT molecular complexity index is 396. The molecule has 0 unspecified atom stereocenters. The first kappa shape index (κ1) is 22.4. The Labute approximate surface area is 157 Å². The van der Waals surface area contributed by atoms with Crippen molar-refractivity contribution in [3.8, 4) is 0 Å². The molecule has 1 fully saturated rings. The van der Waals surface area contributed by atoms with Gasteiger partial charge in [-0.15, -0.1) is 24.0 Å². The molecule has 0 bridgehead atoms. The molecule has 0 spiro atoms. The van der Waals surface area contributed by atoms with Crippen molar-refractivity contribution in [1.82, 2.24) is 10.6 Å². The van der Waals surface area contributed by atoms with E-state index in [2.05, 4.69) is 15.6 Å². The number of carbonyl (C=O) groups excluding carboxylic acids is 1. The summed E-state index contributed by atoms with van der Waals surface area (Å²) in [6, 6.07) is 0. The maximum absolute atomic E-state index is 11.4. The van der Waals surface area contributed by atoms with Gasteiger partial charge < -0.3 is 21.1 Å². The molecule has 0 aliphatic heterocycles. The van der Waals surface area contributed by atoms with Gasteiger partial charge in [0, 0.05) is 26.8 Å². The molecule has 1 rings (SSSR count). The summed E-state index contributed by atoms with van der Waals surface area (Å²) in [4.78, 5) is 15.9. The number of ether oxygens (including phenoxy) is 1.